The molecule has 2 rings (SSSR count). The van der Waals surface area contributed by atoms with Crippen molar-refractivity contribution < 1.29 is 4.79 Å². The van der Waals surface area contributed by atoms with Crippen molar-refractivity contribution in [2.45, 2.75) is 20.8 Å². The lowest BCUT2D eigenvalue weighted by Gasteiger charge is -2.10. The Balaban J connectivity index is 2.31. The van der Waals surface area contributed by atoms with Crippen molar-refractivity contribution in [3.8, 4) is 0 Å². The van der Waals surface area contributed by atoms with E-state index in [9.17, 15) is 4.79 Å². The third-order valence-electron chi connectivity index (χ3n) is 3.07. The Bertz CT molecular complexity index is 638. The zero-order valence-electron chi connectivity index (χ0n) is 11.1. The number of carbonyl (C=O) groups excluding carboxylic acids is 1. The summed E-state index contributed by atoms with van der Waals surface area (Å²) in [5.41, 5.74) is 4.18. The van der Waals surface area contributed by atoms with E-state index in [0.29, 0.717) is 16.4 Å². The molecule has 2 aromatic rings. The van der Waals surface area contributed by atoms with E-state index in [1.807, 2.05) is 32.9 Å². The Kier molecular flexibility index (Phi) is 3.86. The van der Waals surface area contributed by atoms with Crippen LogP contribution in [0.1, 0.15) is 27.0 Å². The molecule has 3 nitrogen and oxygen atoms in total. The van der Waals surface area contributed by atoms with Gasteiger partial charge in [-0.25, -0.2) is 4.98 Å². The molecule has 0 bridgehead atoms. The molecule has 1 aromatic carbocycles. The number of rotatable bonds is 2. The topological polar surface area (TPSA) is 42.0 Å². The van der Waals surface area contributed by atoms with Crippen LogP contribution in [-0.2, 0) is 0 Å². The van der Waals surface area contributed by atoms with Gasteiger partial charge in [-0.1, -0.05) is 23.7 Å². The van der Waals surface area contributed by atoms with E-state index >= 15 is 0 Å². The number of nitrogens with one attached hydrogen (secondary N) is 1. The first kappa shape index (κ1) is 13.6. The average Bonchev–Trinajstić information content (AvgIpc) is 2.37. The number of amides is 1. The highest BCUT2D eigenvalue weighted by atomic mass is 35.5. The third kappa shape index (κ3) is 2.93. The van der Waals surface area contributed by atoms with Gasteiger partial charge in [0.2, 0.25) is 0 Å². The fourth-order valence-corrected chi connectivity index (χ4v) is 1.98. The van der Waals surface area contributed by atoms with Crippen molar-refractivity contribution in [1.29, 1.82) is 0 Å². The lowest BCUT2D eigenvalue weighted by molar-refractivity contribution is 0.102. The van der Waals surface area contributed by atoms with Crippen LogP contribution in [0.3, 0.4) is 0 Å². The van der Waals surface area contributed by atoms with E-state index in [2.05, 4.69) is 10.3 Å². The molecule has 0 spiro atoms. The molecule has 0 saturated carbocycles. The van der Waals surface area contributed by atoms with E-state index in [4.69, 9.17) is 11.6 Å². The smallest absolute Gasteiger partial charge is 0.256 e. The quantitative estimate of drug-likeness (QED) is 0.844. The molecule has 4 heteroatoms. The van der Waals surface area contributed by atoms with E-state index < -0.39 is 0 Å². The monoisotopic (exact) mass is 274 g/mol. The maximum absolute atomic E-state index is 12.3. The van der Waals surface area contributed by atoms with Gasteiger partial charge < -0.3 is 5.32 Å². The second-order valence-corrected chi connectivity index (χ2v) is 4.91. The van der Waals surface area contributed by atoms with Crippen LogP contribution < -0.4 is 5.32 Å². The largest absolute Gasteiger partial charge is 0.319 e. The van der Waals surface area contributed by atoms with E-state index in [-0.39, 0.29) is 5.91 Å². The number of carbonyl (C=O) groups is 1. The normalized spacial score (nSPS) is 10.3. The summed E-state index contributed by atoms with van der Waals surface area (Å²) in [4.78, 5) is 16.3. The fourth-order valence-electron chi connectivity index (χ4n) is 1.83. The molecular formula is C15H15ClN2O. The van der Waals surface area contributed by atoms with Crippen molar-refractivity contribution in [3.63, 3.8) is 0 Å². The maximum Gasteiger partial charge on any atom is 0.256 e. The molecule has 0 unspecified atom stereocenters. The molecule has 0 radical (unpaired) electrons. The van der Waals surface area contributed by atoms with Crippen molar-refractivity contribution in [3.05, 3.63) is 57.9 Å². The zero-order valence-corrected chi connectivity index (χ0v) is 11.9. The maximum atomic E-state index is 12.3. The van der Waals surface area contributed by atoms with Gasteiger partial charge in [0.25, 0.3) is 5.91 Å². The van der Waals surface area contributed by atoms with Crippen LogP contribution in [0.15, 0.2) is 30.5 Å². The predicted molar refractivity (Wildman–Crippen MR) is 77.9 cm³/mol. The summed E-state index contributed by atoms with van der Waals surface area (Å²) >= 11 is 5.97. The third-order valence-corrected chi connectivity index (χ3v) is 3.37. The van der Waals surface area contributed by atoms with E-state index in [1.54, 1.807) is 18.3 Å². The fraction of sp³-hybridized carbons (Fsp3) is 0.200. The molecule has 0 aliphatic carbocycles. The molecule has 1 N–H and O–H groups in total. The number of anilines is 1. The molecule has 1 aromatic heterocycles. The summed E-state index contributed by atoms with van der Waals surface area (Å²) in [6, 6.07) is 7.45. The van der Waals surface area contributed by atoms with Gasteiger partial charge >= 0.3 is 0 Å². The highest BCUT2D eigenvalue weighted by Gasteiger charge is 2.12. The highest BCUT2D eigenvalue weighted by Crippen LogP contribution is 2.21. The molecule has 1 heterocycles. The number of aryl methyl sites for hydroxylation is 2. The Morgan fingerprint density at radius 1 is 1.26 bits per heavy atom. The first-order valence-electron chi connectivity index (χ1n) is 5.98. The van der Waals surface area contributed by atoms with Crippen molar-refractivity contribution >= 4 is 23.2 Å². The minimum atomic E-state index is -0.171. The lowest BCUT2D eigenvalue weighted by atomic mass is 10.0. The summed E-state index contributed by atoms with van der Waals surface area (Å²) in [6.45, 7) is 5.81. The van der Waals surface area contributed by atoms with Crippen molar-refractivity contribution in [1.82, 2.24) is 4.98 Å². The van der Waals surface area contributed by atoms with E-state index in [0.717, 1.165) is 16.7 Å². The van der Waals surface area contributed by atoms with E-state index in [1.165, 1.54) is 0 Å². The first-order chi connectivity index (χ1) is 8.99. The van der Waals surface area contributed by atoms with Gasteiger partial charge in [-0.3, -0.25) is 4.79 Å². The summed E-state index contributed by atoms with van der Waals surface area (Å²) in [5, 5.41) is 3.10. The zero-order chi connectivity index (χ0) is 14.0. The number of aromatic nitrogens is 1. The Morgan fingerprint density at radius 2 is 2.00 bits per heavy atom. The summed E-state index contributed by atoms with van der Waals surface area (Å²) in [5.74, 6) is -0.171. The lowest BCUT2D eigenvalue weighted by Crippen LogP contribution is -2.14. The number of nitrogens with zero attached hydrogens (tertiary/aromatic N) is 1. The molecule has 0 saturated heterocycles. The Hall–Kier alpha value is -1.87. The number of benzene rings is 1. The Morgan fingerprint density at radius 3 is 2.74 bits per heavy atom. The molecule has 0 aliphatic heterocycles. The van der Waals surface area contributed by atoms with Crippen LogP contribution >= 0.6 is 11.6 Å². The molecule has 1 amide bonds. The molecule has 0 atom stereocenters. The minimum absolute atomic E-state index is 0.171. The predicted octanol–water partition coefficient (Wildman–Crippen LogP) is 3.91. The second-order valence-electron chi connectivity index (χ2n) is 4.55. The number of hydrogen-bond acceptors (Lipinski definition) is 2. The van der Waals surface area contributed by atoms with Crippen LogP contribution in [0.4, 0.5) is 5.69 Å². The molecule has 0 aliphatic rings. The SMILES string of the molecule is Cc1cnc(Cl)c(NC(=O)c2cccc(C)c2C)c1. The van der Waals surface area contributed by atoms with Crippen LogP contribution in [0, 0.1) is 20.8 Å². The highest BCUT2D eigenvalue weighted by molar-refractivity contribution is 6.32. The molecule has 0 fully saturated rings. The van der Waals surface area contributed by atoms with Gasteiger partial charge in [-0.2, -0.15) is 0 Å². The van der Waals surface area contributed by atoms with Crippen LogP contribution in [0.5, 0.6) is 0 Å². The van der Waals surface area contributed by atoms with Gasteiger partial charge in [0.05, 0.1) is 5.69 Å². The van der Waals surface area contributed by atoms with Gasteiger partial charge in [0.1, 0.15) is 0 Å². The van der Waals surface area contributed by atoms with Crippen molar-refractivity contribution in [2.75, 3.05) is 5.32 Å². The van der Waals surface area contributed by atoms with Crippen molar-refractivity contribution in [2.24, 2.45) is 0 Å². The number of halogens is 1. The van der Waals surface area contributed by atoms with Gasteiger partial charge in [0.15, 0.2) is 5.15 Å². The van der Waals surface area contributed by atoms with Crippen LogP contribution in [-0.4, -0.2) is 10.9 Å². The first-order valence-corrected chi connectivity index (χ1v) is 6.36. The molecule has 98 valence electrons. The van der Waals surface area contributed by atoms with Gasteiger partial charge in [0, 0.05) is 11.8 Å². The number of hydrogen-bond donors (Lipinski definition) is 1. The number of pyridine rings is 1. The summed E-state index contributed by atoms with van der Waals surface area (Å²) in [7, 11) is 0. The molecular weight excluding hydrogens is 260 g/mol. The molecule has 19 heavy (non-hydrogen) atoms. The minimum Gasteiger partial charge on any atom is -0.319 e. The summed E-state index contributed by atoms with van der Waals surface area (Å²) < 4.78 is 0. The summed E-state index contributed by atoms with van der Waals surface area (Å²) in [6.07, 6.45) is 1.66. The standard InChI is InChI=1S/C15H15ClN2O/c1-9-7-13(14(16)17-8-9)18-15(19)12-6-4-5-10(2)11(12)3/h4-8H,1-3H3,(H,18,19). The second kappa shape index (κ2) is 5.41. The average molecular weight is 275 g/mol. The van der Waals surface area contributed by atoms with Crippen LogP contribution in [0.25, 0.3) is 0 Å². The van der Waals surface area contributed by atoms with Gasteiger partial charge in [-0.05, 0) is 49.6 Å². The Labute approximate surface area is 117 Å². The van der Waals surface area contributed by atoms with Crippen LogP contribution in [0.2, 0.25) is 5.15 Å². The van der Waals surface area contributed by atoms with Gasteiger partial charge in [-0.15, -0.1) is 0 Å².